The van der Waals surface area contributed by atoms with E-state index in [0.29, 0.717) is 18.4 Å². The van der Waals surface area contributed by atoms with Gasteiger partial charge in [0.1, 0.15) is 10.6 Å². The van der Waals surface area contributed by atoms with Crippen LogP contribution >= 0.6 is 11.3 Å². The molecule has 0 fully saturated rings. The molecule has 21 heavy (non-hydrogen) atoms. The van der Waals surface area contributed by atoms with E-state index in [-0.39, 0.29) is 6.10 Å². The second-order valence-electron chi connectivity index (χ2n) is 5.25. The molecule has 6 heteroatoms. The van der Waals surface area contributed by atoms with Crippen LogP contribution in [0.4, 0.5) is 11.8 Å². The third-order valence-electron chi connectivity index (χ3n) is 3.81. The van der Waals surface area contributed by atoms with Gasteiger partial charge in [-0.3, -0.25) is 0 Å². The second-order valence-corrected chi connectivity index (χ2v) is 6.48. The molecule has 0 spiro atoms. The van der Waals surface area contributed by atoms with Crippen molar-refractivity contribution in [3.05, 3.63) is 10.9 Å². The van der Waals surface area contributed by atoms with Crippen LogP contribution in [0.3, 0.4) is 0 Å². The van der Waals surface area contributed by atoms with Crippen LogP contribution in [0.1, 0.15) is 31.6 Å². The van der Waals surface area contributed by atoms with Gasteiger partial charge in [0, 0.05) is 18.5 Å². The predicted molar refractivity (Wildman–Crippen MR) is 90.3 cm³/mol. The Labute approximate surface area is 129 Å². The minimum absolute atomic E-state index is 0.322. The number of rotatable bonds is 7. The van der Waals surface area contributed by atoms with Crippen LogP contribution in [0.25, 0.3) is 10.2 Å². The van der Waals surface area contributed by atoms with Crippen molar-refractivity contribution in [2.75, 3.05) is 24.2 Å². The number of thiophene rings is 1. The third kappa shape index (κ3) is 3.63. The van der Waals surface area contributed by atoms with E-state index in [0.717, 1.165) is 28.9 Å². The molecule has 0 amide bonds. The van der Waals surface area contributed by atoms with Crippen LogP contribution in [0.5, 0.6) is 0 Å². The predicted octanol–water partition coefficient (Wildman–Crippen LogP) is 3.25. The highest BCUT2D eigenvalue weighted by Gasteiger charge is 2.17. The molecule has 0 aliphatic heterocycles. The van der Waals surface area contributed by atoms with Gasteiger partial charge in [0.2, 0.25) is 5.95 Å². The van der Waals surface area contributed by atoms with Crippen molar-refractivity contribution >= 4 is 33.3 Å². The lowest BCUT2D eigenvalue weighted by Crippen LogP contribution is -2.28. The van der Waals surface area contributed by atoms with Crippen LogP contribution in [0, 0.1) is 12.8 Å². The van der Waals surface area contributed by atoms with Gasteiger partial charge in [-0.05, 0) is 18.9 Å². The van der Waals surface area contributed by atoms with Crippen LogP contribution in [0.2, 0.25) is 0 Å². The second kappa shape index (κ2) is 7.04. The smallest absolute Gasteiger partial charge is 0.225 e. The fourth-order valence-electron chi connectivity index (χ4n) is 2.49. The monoisotopic (exact) mass is 308 g/mol. The zero-order valence-corrected chi connectivity index (χ0v) is 13.9. The summed E-state index contributed by atoms with van der Waals surface area (Å²) in [6, 6.07) is 2.09. The van der Waals surface area contributed by atoms with Crippen molar-refractivity contribution < 1.29 is 5.11 Å². The molecule has 0 saturated carbocycles. The summed E-state index contributed by atoms with van der Waals surface area (Å²) in [5.74, 6) is 1.71. The maximum absolute atomic E-state index is 10.3. The summed E-state index contributed by atoms with van der Waals surface area (Å²) in [6.07, 6.45) is 1.61. The summed E-state index contributed by atoms with van der Waals surface area (Å²) >= 11 is 1.65. The molecule has 116 valence electrons. The van der Waals surface area contributed by atoms with E-state index >= 15 is 0 Å². The van der Waals surface area contributed by atoms with E-state index in [1.165, 1.54) is 4.88 Å². The Bertz CT molecular complexity index is 595. The number of fused-ring (bicyclic) bond motifs is 1. The van der Waals surface area contributed by atoms with Crippen molar-refractivity contribution in [3.63, 3.8) is 0 Å². The van der Waals surface area contributed by atoms with Gasteiger partial charge in [0.25, 0.3) is 0 Å². The largest absolute Gasteiger partial charge is 0.391 e. The molecular weight excluding hydrogens is 284 g/mol. The first-order chi connectivity index (χ1) is 10.1. The average molecular weight is 308 g/mol. The zero-order chi connectivity index (χ0) is 15.4. The summed E-state index contributed by atoms with van der Waals surface area (Å²) < 4.78 is 0. The van der Waals surface area contributed by atoms with Crippen LogP contribution in [0.15, 0.2) is 6.07 Å². The molecule has 5 nitrogen and oxygen atoms in total. The first-order valence-electron chi connectivity index (χ1n) is 7.46. The van der Waals surface area contributed by atoms with Crippen molar-refractivity contribution in [3.8, 4) is 0 Å². The highest BCUT2D eigenvalue weighted by Crippen LogP contribution is 2.29. The number of hydrogen-bond donors (Lipinski definition) is 3. The average Bonchev–Trinajstić information content (AvgIpc) is 2.86. The molecule has 2 aromatic heterocycles. The van der Waals surface area contributed by atoms with Gasteiger partial charge in [-0.15, -0.1) is 11.3 Å². The van der Waals surface area contributed by atoms with Gasteiger partial charge < -0.3 is 15.7 Å². The van der Waals surface area contributed by atoms with E-state index in [2.05, 4.69) is 47.4 Å². The lowest BCUT2D eigenvalue weighted by Gasteiger charge is -2.20. The molecular formula is C15H24N4OS. The number of nitrogens with zero attached hydrogens (tertiary/aromatic N) is 2. The Morgan fingerprint density at radius 1 is 1.29 bits per heavy atom. The maximum atomic E-state index is 10.3. The maximum Gasteiger partial charge on any atom is 0.225 e. The lowest BCUT2D eigenvalue weighted by molar-refractivity contribution is 0.114. The number of hydrogen-bond acceptors (Lipinski definition) is 6. The van der Waals surface area contributed by atoms with E-state index in [9.17, 15) is 5.11 Å². The van der Waals surface area contributed by atoms with Gasteiger partial charge >= 0.3 is 0 Å². The molecule has 0 bridgehead atoms. The fraction of sp³-hybridized carbons (Fsp3) is 0.600. The Kier molecular flexibility index (Phi) is 5.36. The Morgan fingerprint density at radius 2 is 2.00 bits per heavy atom. The number of aliphatic hydroxyl groups is 1. The topological polar surface area (TPSA) is 70.1 Å². The molecule has 2 heterocycles. The highest BCUT2D eigenvalue weighted by atomic mass is 32.1. The number of anilines is 2. The Balaban J connectivity index is 2.20. The molecule has 2 rings (SSSR count). The first-order valence-corrected chi connectivity index (χ1v) is 8.28. The number of aryl methyl sites for hydroxylation is 1. The highest BCUT2D eigenvalue weighted by molar-refractivity contribution is 7.18. The minimum atomic E-state index is -0.359. The van der Waals surface area contributed by atoms with Gasteiger partial charge in [0.05, 0.1) is 11.5 Å². The standard InChI is InChI=1S/C15H24N4OS/c1-5-10(6-2)12(20)8-17-13-11-7-9(3)21-14(11)19-15(16-4)18-13/h7,10,12,20H,5-6,8H2,1-4H3,(H2,16,17,18,19). The lowest BCUT2D eigenvalue weighted by atomic mass is 9.96. The van der Waals surface area contributed by atoms with E-state index < -0.39 is 0 Å². The van der Waals surface area contributed by atoms with Gasteiger partial charge in [-0.1, -0.05) is 26.7 Å². The molecule has 3 N–H and O–H groups in total. The van der Waals surface area contributed by atoms with Gasteiger partial charge in [-0.25, -0.2) is 4.98 Å². The van der Waals surface area contributed by atoms with Crippen molar-refractivity contribution in [2.24, 2.45) is 5.92 Å². The third-order valence-corrected chi connectivity index (χ3v) is 4.76. The van der Waals surface area contributed by atoms with E-state index in [4.69, 9.17) is 0 Å². The molecule has 1 atom stereocenters. The van der Waals surface area contributed by atoms with Gasteiger partial charge in [-0.2, -0.15) is 4.98 Å². The number of aromatic nitrogens is 2. The summed E-state index contributed by atoms with van der Waals surface area (Å²) in [5.41, 5.74) is 0. The molecule has 0 aliphatic rings. The SMILES string of the molecule is CCC(CC)C(O)CNc1nc(NC)nc2sc(C)cc12. The zero-order valence-electron chi connectivity index (χ0n) is 13.1. The van der Waals surface area contributed by atoms with Crippen molar-refractivity contribution in [1.29, 1.82) is 0 Å². The molecule has 1 unspecified atom stereocenters. The van der Waals surface area contributed by atoms with Crippen LogP contribution in [-0.4, -0.2) is 34.8 Å². The van der Waals surface area contributed by atoms with Crippen LogP contribution in [-0.2, 0) is 0 Å². The summed E-state index contributed by atoms with van der Waals surface area (Å²) in [7, 11) is 1.81. The van der Waals surface area contributed by atoms with Crippen molar-refractivity contribution in [2.45, 2.75) is 39.7 Å². The number of aliphatic hydroxyl groups excluding tert-OH is 1. The molecule has 0 aromatic carbocycles. The fourth-order valence-corrected chi connectivity index (χ4v) is 3.37. The minimum Gasteiger partial charge on any atom is -0.391 e. The van der Waals surface area contributed by atoms with Gasteiger partial charge in [0.15, 0.2) is 0 Å². The Hall–Kier alpha value is -1.40. The van der Waals surface area contributed by atoms with Crippen LogP contribution < -0.4 is 10.6 Å². The summed E-state index contributed by atoms with van der Waals surface area (Å²) in [5, 5.41) is 17.6. The Morgan fingerprint density at radius 3 is 2.62 bits per heavy atom. The summed E-state index contributed by atoms with van der Waals surface area (Å²) in [6.45, 7) is 6.80. The molecule has 0 aliphatic carbocycles. The molecule has 0 saturated heterocycles. The first kappa shape index (κ1) is 16.0. The number of nitrogens with one attached hydrogen (secondary N) is 2. The normalized spacial score (nSPS) is 12.9. The van der Waals surface area contributed by atoms with E-state index in [1.54, 1.807) is 11.3 Å². The molecule has 2 aromatic rings. The quantitative estimate of drug-likeness (QED) is 0.732. The van der Waals surface area contributed by atoms with E-state index in [1.807, 2.05) is 7.05 Å². The molecule has 0 radical (unpaired) electrons. The van der Waals surface area contributed by atoms with Crippen molar-refractivity contribution in [1.82, 2.24) is 9.97 Å². The summed E-state index contributed by atoms with van der Waals surface area (Å²) in [4.78, 5) is 11.1.